The Hall–Kier alpha value is -1.90. The number of aryl methyl sites for hydroxylation is 3. The second-order valence-corrected chi connectivity index (χ2v) is 4.44. The molecule has 0 N–H and O–H groups in total. The highest BCUT2D eigenvalue weighted by atomic mass is 16.1. The average molecular weight is 228 g/mol. The lowest BCUT2D eigenvalue weighted by Gasteiger charge is -2.08. The van der Waals surface area contributed by atoms with Crippen LogP contribution in [0.15, 0.2) is 29.2 Å². The van der Waals surface area contributed by atoms with Crippen molar-refractivity contribution in [1.29, 1.82) is 0 Å². The number of hydrogen-bond donors (Lipinski definition) is 0. The van der Waals surface area contributed by atoms with Gasteiger partial charge in [-0.25, -0.2) is 0 Å². The summed E-state index contributed by atoms with van der Waals surface area (Å²) in [5, 5.41) is 4.18. The van der Waals surface area contributed by atoms with Crippen LogP contribution >= 0.6 is 0 Å². The van der Waals surface area contributed by atoms with Gasteiger partial charge >= 0.3 is 0 Å². The smallest absolute Gasteiger partial charge is 0.267 e. The maximum Gasteiger partial charge on any atom is 0.274 e. The third-order valence-electron chi connectivity index (χ3n) is 3.21. The quantitative estimate of drug-likeness (QED) is 0.751. The number of rotatable bonds is 1. The largest absolute Gasteiger partial charge is 0.274 e. The lowest BCUT2D eigenvalue weighted by atomic mass is 10.1. The van der Waals surface area contributed by atoms with Crippen molar-refractivity contribution in [2.24, 2.45) is 0 Å². The van der Waals surface area contributed by atoms with Crippen LogP contribution in [0.4, 0.5) is 0 Å². The number of nitrogens with zero attached hydrogens (tertiary/aromatic N) is 2. The van der Waals surface area contributed by atoms with E-state index in [0.29, 0.717) is 0 Å². The molecule has 0 aliphatic carbocycles. The van der Waals surface area contributed by atoms with Crippen LogP contribution in [0.3, 0.4) is 0 Å². The minimum atomic E-state index is -0.0479. The summed E-state index contributed by atoms with van der Waals surface area (Å²) >= 11 is 0. The van der Waals surface area contributed by atoms with Crippen LogP contribution in [0.2, 0.25) is 0 Å². The monoisotopic (exact) mass is 228 g/mol. The minimum Gasteiger partial charge on any atom is -0.267 e. The molecule has 3 nitrogen and oxygen atoms in total. The molecule has 0 unspecified atom stereocenters. The van der Waals surface area contributed by atoms with Gasteiger partial charge in [-0.1, -0.05) is 6.07 Å². The first-order valence-corrected chi connectivity index (χ1v) is 5.64. The Labute approximate surface area is 101 Å². The molecule has 2 aromatic rings. The van der Waals surface area contributed by atoms with Crippen molar-refractivity contribution in [2.75, 3.05) is 0 Å². The highest BCUT2D eigenvalue weighted by molar-refractivity contribution is 5.39. The molecule has 0 saturated carbocycles. The summed E-state index contributed by atoms with van der Waals surface area (Å²) in [7, 11) is 0. The molecular weight excluding hydrogens is 212 g/mol. The molecule has 0 radical (unpaired) electrons. The number of benzene rings is 1. The second-order valence-electron chi connectivity index (χ2n) is 4.44. The Morgan fingerprint density at radius 2 is 1.71 bits per heavy atom. The summed E-state index contributed by atoms with van der Waals surface area (Å²) in [5.41, 5.74) is 4.82. The molecule has 88 valence electrons. The molecule has 0 aliphatic heterocycles. The Balaban J connectivity index is 2.65. The standard InChI is InChI=1S/C14H16N2O/c1-9-5-6-13(7-10(9)2)16-14(17)12(4)11(3)8-15-16/h5-8H,1-4H3. The molecule has 17 heavy (non-hydrogen) atoms. The van der Waals surface area contributed by atoms with Gasteiger partial charge in [-0.2, -0.15) is 9.78 Å². The van der Waals surface area contributed by atoms with E-state index in [0.717, 1.165) is 22.4 Å². The van der Waals surface area contributed by atoms with Gasteiger partial charge < -0.3 is 0 Å². The fourth-order valence-corrected chi connectivity index (χ4v) is 1.66. The summed E-state index contributed by atoms with van der Waals surface area (Å²) in [5.74, 6) is 0. The molecule has 1 aromatic heterocycles. The van der Waals surface area contributed by atoms with Gasteiger partial charge in [0.15, 0.2) is 0 Å². The maximum atomic E-state index is 12.1. The van der Waals surface area contributed by atoms with Crippen molar-refractivity contribution in [1.82, 2.24) is 9.78 Å². The summed E-state index contributed by atoms with van der Waals surface area (Å²) in [6.07, 6.45) is 1.73. The van der Waals surface area contributed by atoms with E-state index in [-0.39, 0.29) is 5.56 Å². The van der Waals surface area contributed by atoms with Gasteiger partial charge in [0.25, 0.3) is 5.56 Å². The molecule has 0 saturated heterocycles. The fourth-order valence-electron chi connectivity index (χ4n) is 1.66. The van der Waals surface area contributed by atoms with Crippen LogP contribution in [-0.2, 0) is 0 Å². The fraction of sp³-hybridized carbons (Fsp3) is 0.286. The normalized spacial score (nSPS) is 10.6. The van der Waals surface area contributed by atoms with E-state index in [2.05, 4.69) is 12.0 Å². The van der Waals surface area contributed by atoms with Gasteiger partial charge in [0.1, 0.15) is 0 Å². The van der Waals surface area contributed by atoms with Crippen LogP contribution in [-0.4, -0.2) is 9.78 Å². The van der Waals surface area contributed by atoms with Gasteiger partial charge in [0.2, 0.25) is 0 Å². The van der Waals surface area contributed by atoms with E-state index >= 15 is 0 Å². The van der Waals surface area contributed by atoms with Crippen molar-refractivity contribution in [3.05, 3.63) is 57.0 Å². The molecule has 3 heteroatoms. The zero-order valence-electron chi connectivity index (χ0n) is 10.6. The van der Waals surface area contributed by atoms with E-state index < -0.39 is 0 Å². The van der Waals surface area contributed by atoms with Crippen LogP contribution in [0.25, 0.3) is 5.69 Å². The third-order valence-corrected chi connectivity index (χ3v) is 3.21. The number of aromatic nitrogens is 2. The molecule has 0 aliphatic rings. The maximum absolute atomic E-state index is 12.1. The Morgan fingerprint density at radius 3 is 2.35 bits per heavy atom. The summed E-state index contributed by atoms with van der Waals surface area (Å²) < 4.78 is 1.45. The van der Waals surface area contributed by atoms with E-state index in [1.165, 1.54) is 10.2 Å². The van der Waals surface area contributed by atoms with Gasteiger partial charge in [0, 0.05) is 5.56 Å². The first-order chi connectivity index (χ1) is 8.00. The highest BCUT2D eigenvalue weighted by Crippen LogP contribution is 2.12. The first-order valence-electron chi connectivity index (χ1n) is 5.64. The zero-order valence-corrected chi connectivity index (χ0v) is 10.6. The molecule has 0 bridgehead atoms. The molecule has 0 spiro atoms. The molecule has 0 fully saturated rings. The van der Waals surface area contributed by atoms with Crippen LogP contribution in [0.5, 0.6) is 0 Å². The summed E-state index contributed by atoms with van der Waals surface area (Å²) in [6.45, 7) is 7.81. The predicted octanol–water partition coefficient (Wildman–Crippen LogP) is 2.47. The number of hydrogen-bond acceptors (Lipinski definition) is 2. The molecule has 1 aromatic carbocycles. The SMILES string of the molecule is Cc1ccc(-n2ncc(C)c(C)c2=O)cc1C. The van der Waals surface area contributed by atoms with Crippen molar-refractivity contribution in [3.63, 3.8) is 0 Å². The molecule has 0 amide bonds. The lowest BCUT2D eigenvalue weighted by molar-refractivity contribution is 0.788. The van der Waals surface area contributed by atoms with E-state index in [9.17, 15) is 4.79 Å². The third kappa shape index (κ3) is 2.00. The van der Waals surface area contributed by atoms with Crippen LogP contribution in [0, 0.1) is 27.7 Å². The molecular formula is C14H16N2O. The lowest BCUT2D eigenvalue weighted by Crippen LogP contribution is -2.24. The van der Waals surface area contributed by atoms with Crippen LogP contribution in [0.1, 0.15) is 22.3 Å². The minimum absolute atomic E-state index is 0.0479. The Kier molecular flexibility index (Phi) is 2.84. The van der Waals surface area contributed by atoms with Gasteiger partial charge in [-0.15, -0.1) is 0 Å². The van der Waals surface area contributed by atoms with Crippen molar-refractivity contribution < 1.29 is 0 Å². The molecule has 0 atom stereocenters. The van der Waals surface area contributed by atoms with Gasteiger partial charge in [-0.3, -0.25) is 4.79 Å². The first kappa shape index (κ1) is 11.6. The average Bonchev–Trinajstić information content (AvgIpc) is 2.30. The van der Waals surface area contributed by atoms with Crippen molar-refractivity contribution >= 4 is 0 Å². The Morgan fingerprint density at radius 1 is 1.00 bits per heavy atom. The van der Waals surface area contributed by atoms with Crippen molar-refractivity contribution in [3.8, 4) is 5.69 Å². The summed E-state index contributed by atoms with van der Waals surface area (Å²) in [6, 6.07) is 5.91. The van der Waals surface area contributed by atoms with E-state index in [4.69, 9.17) is 0 Å². The zero-order chi connectivity index (χ0) is 12.6. The predicted molar refractivity (Wildman–Crippen MR) is 68.8 cm³/mol. The topological polar surface area (TPSA) is 34.9 Å². The van der Waals surface area contributed by atoms with Gasteiger partial charge in [0.05, 0.1) is 11.9 Å². The van der Waals surface area contributed by atoms with Crippen LogP contribution < -0.4 is 5.56 Å². The highest BCUT2D eigenvalue weighted by Gasteiger charge is 2.06. The van der Waals surface area contributed by atoms with Crippen molar-refractivity contribution in [2.45, 2.75) is 27.7 Å². The summed E-state index contributed by atoms with van der Waals surface area (Å²) in [4.78, 5) is 12.1. The molecule has 2 rings (SSSR count). The Bertz CT molecular complexity index is 627. The van der Waals surface area contributed by atoms with Gasteiger partial charge in [-0.05, 0) is 56.5 Å². The van der Waals surface area contributed by atoms with E-state index in [1.807, 2.05) is 39.0 Å². The second kappa shape index (κ2) is 4.17. The molecule has 1 heterocycles. The van der Waals surface area contributed by atoms with E-state index in [1.54, 1.807) is 6.20 Å².